The van der Waals surface area contributed by atoms with Gasteiger partial charge in [-0.2, -0.15) is 39.5 Å². The Morgan fingerprint density at radius 2 is 0.522 bits per heavy atom. The molecule has 0 aromatic rings. The van der Waals surface area contributed by atoms with Crippen LogP contribution in [-0.2, 0) is 0 Å². The Balaban J connectivity index is 6.97. The van der Waals surface area contributed by atoms with Gasteiger partial charge in [-0.15, -0.1) is 0 Å². The van der Waals surface area contributed by atoms with Gasteiger partial charge in [0.1, 0.15) is 0 Å². The Hall–Kier alpha value is -1.03. The average molecular weight is 385 g/mol. The van der Waals surface area contributed by atoms with Crippen LogP contribution in [0.1, 0.15) is 0 Å². The molecule has 0 spiro atoms. The molecular weight excluding hydrogens is 384 g/mol. The topological polar surface area (TPSA) is 20.2 Å². The van der Waals surface area contributed by atoms with Crippen LogP contribution in [0, 0.1) is 0 Å². The summed E-state index contributed by atoms with van der Waals surface area (Å²) in [7, 11) is 0. The minimum Gasteiger partial charge on any atom is -0.592 e. The molecule has 1 nitrogen and oxygen atoms in total. The lowest BCUT2D eigenvalue weighted by Crippen LogP contribution is -2.84. The van der Waals surface area contributed by atoms with Crippen LogP contribution in [0.5, 0.6) is 0 Å². The molecule has 140 valence electrons. The van der Waals surface area contributed by atoms with Crippen LogP contribution < -0.4 is 0 Å². The number of halogens is 15. The molecule has 0 radical (unpaired) electrons. The molecule has 17 heteroatoms. The minimum atomic E-state index is -9.13. The molecule has 0 rings (SSSR count). The lowest BCUT2D eigenvalue weighted by atomic mass is 9.26. The maximum absolute atomic E-state index is 12.7. The zero-order chi connectivity index (χ0) is 19.5. The SMILES string of the molecule is O[B-](C(F)(F)C(F)(F)F)(C(F)(F)C(F)(F)F)C(F)(F)C(F)(F)F. The zero-order valence-corrected chi connectivity index (χ0v) is 9.69. The van der Waals surface area contributed by atoms with E-state index in [9.17, 15) is 65.9 Å². The quantitative estimate of drug-likeness (QED) is 0.573. The van der Waals surface area contributed by atoms with Gasteiger partial charge in [0, 0.05) is 0 Å². The highest BCUT2D eigenvalue weighted by atomic mass is 19.4. The molecule has 0 aromatic carbocycles. The molecule has 0 atom stereocenters. The standard InChI is InChI=1S/C6HBF15O/c8-1(9,4(14,15)16)7(23,2(10,11)5(17,18)19)3(12,13)6(20,21)22/h23H/q-1. The van der Waals surface area contributed by atoms with Gasteiger partial charge in [0.05, 0.1) is 0 Å². The van der Waals surface area contributed by atoms with E-state index < -0.39 is 42.3 Å². The van der Waals surface area contributed by atoms with E-state index in [0.717, 1.165) is 0 Å². The number of hydrogen-bond donors (Lipinski definition) is 1. The summed E-state index contributed by atoms with van der Waals surface area (Å²) in [6, 6.07) is 0. The van der Waals surface area contributed by atoms with Gasteiger partial charge < -0.3 is 5.02 Å². The van der Waals surface area contributed by atoms with E-state index in [1.807, 2.05) is 0 Å². The van der Waals surface area contributed by atoms with E-state index in [0.29, 0.717) is 0 Å². The Labute approximate surface area is 115 Å². The first-order valence-electron chi connectivity index (χ1n) is 4.71. The molecule has 0 bridgehead atoms. The van der Waals surface area contributed by atoms with Gasteiger partial charge in [-0.1, -0.05) is 0 Å². The molecule has 0 heterocycles. The van der Waals surface area contributed by atoms with Crippen molar-refractivity contribution in [2.75, 3.05) is 0 Å². The van der Waals surface area contributed by atoms with Crippen molar-refractivity contribution in [2.24, 2.45) is 0 Å². The fraction of sp³-hybridized carbons (Fsp3) is 1.00. The predicted molar refractivity (Wildman–Crippen MR) is 41.0 cm³/mol. The Kier molecular flexibility index (Phi) is 4.76. The van der Waals surface area contributed by atoms with Crippen molar-refractivity contribution in [3.05, 3.63) is 0 Å². The van der Waals surface area contributed by atoms with Crippen molar-refractivity contribution in [1.29, 1.82) is 0 Å². The van der Waals surface area contributed by atoms with Crippen molar-refractivity contribution in [3.8, 4) is 0 Å². The third kappa shape index (κ3) is 2.69. The first-order valence-corrected chi connectivity index (χ1v) is 4.71. The van der Waals surface area contributed by atoms with Crippen LogP contribution in [0.4, 0.5) is 65.9 Å². The highest BCUT2D eigenvalue weighted by Crippen LogP contribution is 2.60. The Morgan fingerprint density at radius 1 is 0.391 bits per heavy atom. The second-order valence-corrected chi connectivity index (χ2v) is 4.18. The van der Waals surface area contributed by atoms with Gasteiger partial charge >= 0.3 is 24.9 Å². The van der Waals surface area contributed by atoms with E-state index in [4.69, 9.17) is 5.02 Å². The molecule has 0 aliphatic rings. The fourth-order valence-corrected chi connectivity index (χ4v) is 1.39. The van der Waals surface area contributed by atoms with Gasteiger partial charge in [0.15, 0.2) is 0 Å². The lowest BCUT2D eigenvalue weighted by molar-refractivity contribution is -0.314. The van der Waals surface area contributed by atoms with Crippen molar-refractivity contribution in [3.63, 3.8) is 0 Å². The maximum Gasteiger partial charge on any atom is 0.419 e. The molecule has 0 aliphatic heterocycles. The molecular formula is C6HBF15O-. The number of hydrogen-bond acceptors (Lipinski definition) is 1. The van der Waals surface area contributed by atoms with Crippen molar-refractivity contribution >= 4 is 6.35 Å². The molecule has 0 aliphatic carbocycles. The predicted octanol–water partition coefficient (Wildman–Crippen LogP) is 4.13. The summed E-state index contributed by atoms with van der Waals surface area (Å²) in [5, 5.41) is 8.25. The van der Waals surface area contributed by atoms with Gasteiger partial charge in [0.25, 0.3) is 17.5 Å². The molecule has 0 amide bonds. The highest BCUT2D eigenvalue weighted by Gasteiger charge is 2.91. The van der Waals surface area contributed by atoms with E-state index in [-0.39, 0.29) is 0 Å². The van der Waals surface area contributed by atoms with Crippen LogP contribution >= 0.6 is 0 Å². The van der Waals surface area contributed by atoms with Crippen LogP contribution in [0.15, 0.2) is 0 Å². The van der Waals surface area contributed by atoms with E-state index >= 15 is 0 Å². The van der Waals surface area contributed by atoms with Crippen LogP contribution in [0.25, 0.3) is 0 Å². The smallest absolute Gasteiger partial charge is 0.419 e. The summed E-state index contributed by atoms with van der Waals surface area (Å²) < 4.78 is 183. The summed E-state index contributed by atoms with van der Waals surface area (Å²) in [5.74, 6) is -24.4. The van der Waals surface area contributed by atoms with Crippen LogP contribution in [0.2, 0.25) is 0 Å². The third-order valence-electron chi connectivity index (χ3n) is 2.71. The van der Waals surface area contributed by atoms with Gasteiger partial charge in [-0.05, 0) is 0 Å². The minimum absolute atomic E-state index is 7.79. The van der Waals surface area contributed by atoms with Crippen molar-refractivity contribution in [1.82, 2.24) is 0 Å². The maximum atomic E-state index is 12.7. The van der Waals surface area contributed by atoms with Crippen LogP contribution in [-0.4, -0.2) is 47.4 Å². The Morgan fingerprint density at radius 3 is 0.609 bits per heavy atom. The highest BCUT2D eigenvalue weighted by molar-refractivity contribution is 6.80. The second kappa shape index (κ2) is 4.98. The third-order valence-corrected chi connectivity index (χ3v) is 2.71. The van der Waals surface area contributed by atoms with E-state index in [2.05, 4.69) is 0 Å². The summed E-state index contributed by atoms with van der Waals surface area (Å²) in [4.78, 5) is 0. The molecule has 0 saturated carbocycles. The largest absolute Gasteiger partial charge is 0.592 e. The van der Waals surface area contributed by atoms with Gasteiger partial charge in [-0.25, -0.2) is 26.3 Å². The van der Waals surface area contributed by atoms with Crippen molar-refractivity contribution in [2.45, 2.75) is 36.0 Å². The molecule has 1 N–H and O–H groups in total. The zero-order valence-electron chi connectivity index (χ0n) is 9.69. The molecule has 0 saturated heterocycles. The molecule has 0 aromatic heterocycles. The summed E-state index contributed by atoms with van der Waals surface area (Å²) in [6.45, 7) is 0. The average Bonchev–Trinajstić information content (AvgIpc) is 2.22. The Bertz CT molecular complexity index is 376. The number of alkyl halides is 15. The van der Waals surface area contributed by atoms with Crippen molar-refractivity contribution < 1.29 is 70.9 Å². The first kappa shape index (κ1) is 22.0. The van der Waals surface area contributed by atoms with E-state index in [1.54, 1.807) is 0 Å². The number of rotatable bonds is 3. The van der Waals surface area contributed by atoms with Gasteiger partial charge in [0.2, 0.25) is 0 Å². The van der Waals surface area contributed by atoms with E-state index in [1.165, 1.54) is 0 Å². The molecule has 0 fully saturated rings. The van der Waals surface area contributed by atoms with Gasteiger partial charge in [-0.3, -0.25) is 0 Å². The summed E-state index contributed by atoms with van der Waals surface area (Å²) in [6.07, 6.45) is -32.5. The molecule has 0 unspecified atom stereocenters. The van der Waals surface area contributed by atoms with Crippen LogP contribution in [0.3, 0.4) is 0 Å². The fourth-order valence-electron chi connectivity index (χ4n) is 1.39. The first-order chi connectivity index (χ1) is 9.50. The summed E-state index contributed by atoms with van der Waals surface area (Å²) in [5.41, 5.74) is 0. The normalized spacial score (nSPS) is 16.7. The molecule has 23 heavy (non-hydrogen) atoms. The summed E-state index contributed by atoms with van der Waals surface area (Å²) >= 11 is 0. The second-order valence-electron chi connectivity index (χ2n) is 4.18. The lowest BCUT2D eigenvalue weighted by Gasteiger charge is -2.51. The monoisotopic (exact) mass is 385 g/mol.